The third-order valence-corrected chi connectivity index (χ3v) is 13.4. The van der Waals surface area contributed by atoms with Crippen LogP contribution in [0.25, 0.3) is 11.1 Å². The van der Waals surface area contributed by atoms with E-state index in [2.05, 4.69) is 184 Å². The van der Waals surface area contributed by atoms with Crippen molar-refractivity contribution in [3.63, 3.8) is 0 Å². The molecule has 0 unspecified atom stereocenters. The van der Waals surface area contributed by atoms with Gasteiger partial charge in [-0.25, -0.2) is 0 Å². The molecule has 0 fully saturated rings. The van der Waals surface area contributed by atoms with E-state index in [1.807, 2.05) is 14.2 Å². The van der Waals surface area contributed by atoms with Crippen LogP contribution in [-0.4, -0.2) is 24.5 Å². The zero-order chi connectivity index (χ0) is 36.4. The molecule has 50 heavy (non-hydrogen) atoms. The van der Waals surface area contributed by atoms with Crippen molar-refractivity contribution in [1.82, 2.24) is 0 Å². The van der Waals surface area contributed by atoms with Gasteiger partial charge in [-0.05, 0) is 73.2 Å². The third kappa shape index (κ3) is 6.89. The molecule has 5 aromatic rings. The first-order valence-electron chi connectivity index (χ1n) is 18.1. The molecule has 3 heteroatoms. The molecule has 0 aliphatic heterocycles. The van der Waals surface area contributed by atoms with Crippen LogP contribution in [0.5, 0.6) is 11.5 Å². The van der Waals surface area contributed by atoms with Crippen molar-refractivity contribution in [1.29, 1.82) is 0 Å². The first-order chi connectivity index (χ1) is 23.7. The molecular weight excluding hydrogens is 627 g/mol. The molecule has 0 aliphatic carbocycles. The van der Waals surface area contributed by atoms with Gasteiger partial charge in [0.2, 0.25) is 0 Å². The monoisotopic (exact) mass is 684 g/mol. The Bertz CT molecular complexity index is 1740. The molecule has 0 bridgehead atoms. The maximum atomic E-state index is 6.35. The SMILES string of the molecule is COc1ccc(OC)c(P(C(C)(C)C)C(C)(C)C)c1-c1c(C(C)C)cc(C(c2ccccc2)(c2ccccc2)c2ccccc2)cc1C(C)C. The zero-order valence-electron chi connectivity index (χ0n) is 32.4. The summed E-state index contributed by atoms with van der Waals surface area (Å²) in [5, 5.41) is 1.32. The molecule has 0 atom stereocenters. The van der Waals surface area contributed by atoms with E-state index in [-0.39, 0.29) is 22.1 Å². The van der Waals surface area contributed by atoms with Gasteiger partial charge in [0.15, 0.2) is 0 Å². The van der Waals surface area contributed by atoms with Crippen LogP contribution in [0.3, 0.4) is 0 Å². The molecule has 262 valence electrons. The Hall–Kier alpha value is -3.87. The van der Waals surface area contributed by atoms with Crippen molar-refractivity contribution < 1.29 is 9.47 Å². The maximum absolute atomic E-state index is 6.35. The Morgan fingerprint density at radius 2 is 0.820 bits per heavy atom. The second-order valence-electron chi connectivity index (χ2n) is 16.1. The Morgan fingerprint density at radius 1 is 0.460 bits per heavy atom. The summed E-state index contributed by atoms with van der Waals surface area (Å²) < 4.78 is 12.6. The van der Waals surface area contributed by atoms with Gasteiger partial charge in [0, 0.05) is 10.9 Å². The molecule has 0 N–H and O–H groups in total. The van der Waals surface area contributed by atoms with Crippen molar-refractivity contribution in [3.8, 4) is 22.6 Å². The van der Waals surface area contributed by atoms with Crippen LogP contribution in [0.2, 0.25) is 0 Å². The van der Waals surface area contributed by atoms with Gasteiger partial charge in [0.1, 0.15) is 11.5 Å². The predicted octanol–water partition coefficient (Wildman–Crippen LogP) is 12.7. The van der Waals surface area contributed by atoms with Crippen molar-refractivity contribution >= 4 is 13.2 Å². The second kappa shape index (κ2) is 14.8. The van der Waals surface area contributed by atoms with Crippen LogP contribution in [0.1, 0.15) is 114 Å². The highest BCUT2D eigenvalue weighted by Crippen LogP contribution is 2.62. The lowest BCUT2D eigenvalue weighted by Gasteiger charge is -2.44. The molecule has 0 radical (unpaired) electrons. The lowest BCUT2D eigenvalue weighted by Crippen LogP contribution is -2.33. The van der Waals surface area contributed by atoms with Crippen molar-refractivity contribution in [2.45, 2.75) is 96.8 Å². The molecule has 5 rings (SSSR count). The molecular formula is C47H57O2P. The average molecular weight is 685 g/mol. The highest BCUT2D eigenvalue weighted by molar-refractivity contribution is 7.69. The van der Waals surface area contributed by atoms with E-state index < -0.39 is 13.3 Å². The maximum Gasteiger partial charge on any atom is 0.127 e. The summed E-state index contributed by atoms with van der Waals surface area (Å²) in [6.07, 6.45) is 0. The molecule has 0 amide bonds. The number of methoxy groups -OCH3 is 2. The number of hydrogen-bond donors (Lipinski definition) is 0. The lowest BCUT2D eigenvalue weighted by atomic mass is 9.63. The summed E-state index contributed by atoms with van der Waals surface area (Å²) in [4.78, 5) is 0. The highest BCUT2D eigenvalue weighted by Gasteiger charge is 2.43. The van der Waals surface area contributed by atoms with Crippen LogP contribution < -0.4 is 14.8 Å². The summed E-state index contributed by atoms with van der Waals surface area (Å²) in [7, 11) is 2.89. The molecule has 0 saturated heterocycles. The van der Waals surface area contributed by atoms with E-state index in [1.54, 1.807) is 0 Å². The molecule has 0 aliphatic rings. The van der Waals surface area contributed by atoms with E-state index in [0.717, 1.165) is 11.5 Å². The van der Waals surface area contributed by atoms with E-state index in [4.69, 9.17) is 9.47 Å². The Morgan fingerprint density at radius 3 is 1.14 bits per heavy atom. The quantitative estimate of drug-likeness (QED) is 0.108. The standard InChI is InChI=1S/C47H57O2P/c1-32(2)38-30-37(47(34-22-16-13-17-23-34,35-24-18-14-19-25-35)36-26-20-15-21-27-36)31-39(33(3)4)42(38)43-40(48-11)28-29-41(49-12)44(43)50(45(5,6)7)46(8,9)10/h13-33H,1-12H3. The van der Waals surface area contributed by atoms with Gasteiger partial charge in [-0.3, -0.25) is 0 Å². The van der Waals surface area contributed by atoms with Crippen LogP contribution >= 0.6 is 7.92 Å². The fourth-order valence-corrected chi connectivity index (χ4v) is 12.4. The van der Waals surface area contributed by atoms with E-state index in [1.165, 1.54) is 49.8 Å². The second-order valence-corrected chi connectivity index (χ2v) is 19.9. The van der Waals surface area contributed by atoms with Crippen molar-refractivity contribution in [2.75, 3.05) is 14.2 Å². The summed E-state index contributed by atoms with van der Waals surface area (Å²) >= 11 is 0. The third-order valence-electron chi connectivity index (χ3n) is 9.85. The first-order valence-corrected chi connectivity index (χ1v) is 19.4. The highest BCUT2D eigenvalue weighted by atomic mass is 31.1. The average Bonchev–Trinajstić information content (AvgIpc) is 3.08. The molecule has 0 heterocycles. The first kappa shape index (κ1) is 37.4. The molecule has 0 aromatic heterocycles. The number of rotatable bonds is 10. The van der Waals surface area contributed by atoms with Crippen LogP contribution in [-0.2, 0) is 5.41 Å². The lowest BCUT2D eigenvalue weighted by molar-refractivity contribution is 0.407. The molecule has 5 aromatic carbocycles. The van der Waals surface area contributed by atoms with Crippen LogP contribution in [0.15, 0.2) is 115 Å². The van der Waals surface area contributed by atoms with Gasteiger partial charge < -0.3 is 9.47 Å². The number of benzene rings is 5. The largest absolute Gasteiger partial charge is 0.496 e. The Balaban J connectivity index is 2.03. The predicted molar refractivity (Wildman–Crippen MR) is 218 cm³/mol. The van der Waals surface area contributed by atoms with Crippen molar-refractivity contribution in [2.24, 2.45) is 0 Å². The van der Waals surface area contributed by atoms with Gasteiger partial charge in [0.05, 0.1) is 19.6 Å². The number of hydrogen-bond acceptors (Lipinski definition) is 2. The van der Waals surface area contributed by atoms with Crippen LogP contribution in [0, 0.1) is 0 Å². The van der Waals surface area contributed by atoms with Gasteiger partial charge in [-0.2, -0.15) is 0 Å². The van der Waals surface area contributed by atoms with Gasteiger partial charge >= 0.3 is 0 Å². The summed E-state index contributed by atoms with van der Waals surface area (Å²) in [5.74, 6) is 2.32. The smallest absolute Gasteiger partial charge is 0.127 e. The fourth-order valence-electron chi connectivity index (χ4n) is 8.20. The Kier molecular flexibility index (Phi) is 11.0. The van der Waals surface area contributed by atoms with E-state index in [0.29, 0.717) is 0 Å². The minimum absolute atomic E-state index is 0.0149. The summed E-state index contributed by atoms with van der Waals surface area (Å²) in [6.45, 7) is 23.7. The van der Waals surface area contributed by atoms with Crippen LogP contribution in [0.4, 0.5) is 0 Å². The summed E-state index contributed by atoms with van der Waals surface area (Å²) in [5.41, 5.74) is 9.59. The fraction of sp³-hybridized carbons (Fsp3) is 0.362. The zero-order valence-corrected chi connectivity index (χ0v) is 33.3. The normalized spacial score (nSPS) is 12.5. The van der Waals surface area contributed by atoms with Gasteiger partial charge in [-0.1, -0.05) is 180 Å². The van der Waals surface area contributed by atoms with E-state index in [9.17, 15) is 0 Å². The molecule has 0 spiro atoms. The van der Waals surface area contributed by atoms with Gasteiger partial charge in [-0.15, -0.1) is 0 Å². The minimum atomic E-state index is -0.738. The summed E-state index contributed by atoms with van der Waals surface area (Å²) in [6, 6.07) is 42.4. The number of ether oxygens (including phenoxy) is 2. The minimum Gasteiger partial charge on any atom is -0.496 e. The topological polar surface area (TPSA) is 18.5 Å². The molecule has 2 nitrogen and oxygen atoms in total. The van der Waals surface area contributed by atoms with Crippen molar-refractivity contribution in [3.05, 3.63) is 149 Å². The molecule has 0 saturated carbocycles. The van der Waals surface area contributed by atoms with Gasteiger partial charge in [0.25, 0.3) is 0 Å². The van der Waals surface area contributed by atoms with E-state index >= 15 is 0 Å². The Labute approximate surface area is 304 Å².